The van der Waals surface area contributed by atoms with E-state index in [1.54, 1.807) is 47.1 Å². The van der Waals surface area contributed by atoms with Crippen molar-refractivity contribution in [2.75, 3.05) is 5.32 Å². The summed E-state index contributed by atoms with van der Waals surface area (Å²) in [6.07, 6.45) is 1.88. The predicted molar refractivity (Wildman–Crippen MR) is 130 cm³/mol. The van der Waals surface area contributed by atoms with E-state index in [1.165, 1.54) is 18.2 Å². The maximum atomic E-state index is 14.6. The highest BCUT2D eigenvalue weighted by Gasteiger charge is 2.23. The van der Waals surface area contributed by atoms with Crippen molar-refractivity contribution in [3.8, 4) is 11.3 Å². The lowest BCUT2D eigenvalue weighted by atomic mass is 9.95. The van der Waals surface area contributed by atoms with E-state index in [2.05, 4.69) is 5.32 Å². The molecule has 10 heteroatoms. The fourth-order valence-corrected chi connectivity index (χ4v) is 4.56. The van der Waals surface area contributed by atoms with Crippen molar-refractivity contribution < 1.29 is 12.8 Å². The van der Waals surface area contributed by atoms with Gasteiger partial charge < -0.3 is 5.32 Å². The molecule has 0 amide bonds. The third-order valence-electron chi connectivity index (χ3n) is 5.49. The topological polar surface area (TPSA) is 102 Å². The average Bonchev–Trinajstić information content (AvgIpc) is 3.15. The highest BCUT2D eigenvalue weighted by molar-refractivity contribution is 7.89. The van der Waals surface area contributed by atoms with Crippen LogP contribution in [0.2, 0.25) is 5.02 Å². The first-order chi connectivity index (χ1) is 16.3. The number of halogens is 2. The predicted octanol–water partition coefficient (Wildman–Crippen LogP) is 4.41. The Morgan fingerprint density at radius 2 is 1.79 bits per heavy atom. The molecular formula is C24H19ClFN5O2S. The first-order valence-corrected chi connectivity index (χ1v) is 12.2. The van der Waals surface area contributed by atoms with Gasteiger partial charge in [-0.15, -0.1) is 0 Å². The number of nitrogens with zero attached hydrogens (tertiary/aromatic N) is 3. The summed E-state index contributed by atoms with van der Waals surface area (Å²) in [6, 6.07) is 18.1. The molecule has 4 aromatic rings. The molecule has 34 heavy (non-hydrogen) atoms. The summed E-state index contributed by atoms with van der Waals surface area (Å²) in [5, 5.41) is 13.6. The van der Waals surface area contributed by atoms with E-state index in [-0.39, 0.29) is 10.7 Å². The lowest BCUT2D eigenvalue weighted by molar-refractivity contribution is 0.598. The van der Waals surface area contributed by atoms with Crippen molar-refractivity contribution in [1.82, 2.24) is 9.78 Å². The molecule has 0 saturated carbocycles. The molecule has 0 saturated heterocycles. The highest BCUT2D eigenvalue weighted by Crippen LogP contribution is 2.34. The summed E-state index contributed by atoms with van der Waals surface area (Å²) < 4.78 is 39.2. The monoisotopic (exact) mass is 495 g/mol. The summed E-state index contributed by atoms with van der Waals surface area (Å²) in [5.74, 6) is -0.352. The normalized spacial score (nSPS) is 13.0. The Labute approximate surface area is 200 Å². The number of hydrogen-bond acceptors (Lipinski definition) is 5. The molecule has 1 aliphatic heterocycles. The Morgan fingerprint density at radius 3 is 2.53 bits per heavy atom. The molecule has 5 rings (SSSR count). The van der Waals surface area contributed by atoms with E-state index in [1.807, 2.05) is 12.3 Å². The van der Waals surface area contributed by atoms with E-state index < -0.39 is 10.0 Å². The summed E-state index contributed by atoms with van der Waals surface area (Å²) in [4.78, 5) is 4.76. The van der Waals surface area contributed by atoms with E-state index in [0.717, 1.165) is 16.8 Å². The van der Waals surface area contributed by atoms with Crippen molar-refractivity contribution in [1.29, 1.82) is 0 Å². The van der Waals surface area contributed by atoms with Crippen LogP contribution < -0.4 is 10.5 Å². The number of benzene rings is 3. The van der Waals surface area contributed by atoms with E-state index >= 15 is 0 Å². The van der Waals surface area contributed by atoms with Crippen molar-refractivity contribution >= 4 is 33.0 Å². The van der Waals surface area contributed by atoms with Gasteiger partial charge in [0.25, 0.3) is 0 Å². The Bertz CT molecular complexity index is 1530. The highest BCUT2D eigenvalue weighted by atomic mass is 35.5. The van der Waals surface area contributed by atoms with Crippen LogP contribution in [0, 0.1) is 5.82 Å². The second-order valence-electron chi connectivity index (χ2n) is 7.78. The van der Waals surface area contributed by atoms with E-state index in [4.69, 9.17) is 26.8 Å². The molecule has 3 N–H and O–H groups in total. The molecule has 0 aliphatic carbocycles. The molecule has 3 aromatic carbocycles. The fraction of sp³-hybridized carbons (Fsp3) is 0.0833. The molecule has 0 bridgehead atoms. The van der Waals surface area contributed by atoms with Crippen molar-refractivity contribution in [3.63, 3.8) is 0 Å². The van der Waals surface area contributed by atoms with Crippen molar-refractivity contribution in [2.24, 2.45) is 10.1 Å². The standard InChI is InChI=1S/C24H19ClFN5O2S/c25-16-5-10-19-21(11-16)24(20-3-1-2-4-22(20)26)28-12-15-13-31(30-23(15)19)14-29-17-6-8-18(9-7-17)34(27,32)33/h1-11,13,29H,12,14H2,(H2,27,32,33). The summed E-state index contributed by atoms with van der Waals surface area (Å²) in [5.41, 5.74) is 4.82. The molecule has 0 fully saturated rings. The number of hydrogen-bond donors (Lipinski definition) is 2. The van der Waals surface area contributed by atoms with Crippen LogP contribution in [0.25, 0.3) is 11.3 Å². The number of sulfonamides is 1. The lowest BCUT2D eigenvalue weighted by Crippen LogP contribution is -2.12. The SMILES string of the molecule is NS(=O)(=O)c1ccc(NCn2cc3c(n2)-c2ccc(Cl)cc2C(c2ccccc2F)=NC3)cc1. The molecule has 2 heterocycles. The molecule has 1 aliphatic rings. The number of fused-ring (bicyclic) bond motifs is 3. The second kappa shape index (κ2) is 8.68. The van der Waals surface area contributed by atoms with Crippen LogP contribution >= 0.6 is 11.6 Å². The van der Waals surface area contributed by atoms with Gasteiger partial charge in [-0.05, 0) is 48.5 Å². The van der Waals surface area contributed by atoms with Gasteiger partial charge in [0.2, 0.25) is 10.0 Å². The first-order valence-electron chi connectivity index (χ1n) is 10.3. The molecule has 7 nitrogen and oxygen atoms in total. The third-order valence-corrected chi connectivity index (χ3v) is 6.66. The van der Waals surface area contributed by atoms with Crippen LogP contribution in [-0.4, -0.2) is 23.9 Å². The molecule has 0 spiro atoms. The lowest BCUT2D eigenvalue weighted by Gasteiger charge is -2.11. The Kier molecular flexibility index (Phi) is 5.68. The van der Waals surface area contributed by atoms with Crippen molar-refractivity contribution in [2.45, 2.75) is 18.1 Å². The minimum atomic E-state index is -3.74. The van der Waals surface area contributed by atoms with Crippen LogP contribution in [0.1, 0.15) is 16.7 Å². The number of anilines is 1. The summed E-state index contributed by atoms with van der Waals surface area (Å²) >= 11 is 6.28. The molecular weight excluding hydrogens is 477 g/mol. The molecule has 172 valence electrons. The van der Waals surface area contributed by atoms with E-state index in [0.29, 0.717) is 40.8 Å². The maximum Gasteiger partial charge on any atom is 0.238 e. The largest absolute Gasteiger partial charge is 0.366 e. The average molecular weight is 496 g/mol. The zero-order valence-electron chi connectivity index (χ0n) is 17.7. The number of primary sulfonamides is 1. The maximum absolute atomic E-state index is 14.6. The molecule has 0 radical (unpaired) electrons. The second-order valence-corrected chi connectivity index (χ2v) is 9.78. The fourth-order valence-electron chi connectivity index (χ4n) is 3.87. The smallest absolute Gasteiger partial charge is 0.238 e. The van der Waals surface area contributed by atoms with Gasteiger partial charge in [-0.1, -0.05) is 29.8 Å². The number of nitrogens with two attached hydrogens (primary N) is 1. The number of rotatable bonds is 5. The summed E-state index contributed by atoms with van der Waals surface area (Å²) in [7, 11) is -3.74. The Balaban J connectivity index is 1.46. The number of aromatic nitrogens is 2. The van der Waals surface area contributed by atoms with Crippen LogP contribution in [0.4, 0.5) is 10.1 Å². The van der Waals surface area contributed by atoms with Gasteiger partial charge in [0, 0.05) is 39.2 Å². The molecule has 0 unspecified atom stereocenters. The zero-order valence-corrected chi connectivity index (χ0v) is 19.3. The minimum Gasteiger partial charge on any atom is -0.366 e. The van der Waals surface area contributed by atoms with Gasteiger partial charge in [-0.3, -0.25) is 9.67 Å². The van der Waals surface area contributed by atoms with Gasteiger partial charge >= 0.3 is 0 Å². The van der Waals surface area contributed by atoms with Gasteiger partial charge in [0.05, 0.1) is 22.8 Å². The Hall–Kier alpha value is -3.53. The number of aliphatic imine (C=N–C) groups is 1. The van der Waals surface area contributed by atoms with Crippen LogP contribution in [0.15, 0.2) is 82.8 Å². The third kappa shape index (κ3) is 4.33. The van der Waals surface area contributed by atoms with Gasteiger partial charge in [-0.2, -0.15) is 5.10 Å². The van der Waals surface area contributed by atoms with Crippen molar-refractivity contribution in [3.05, 3.63) is 100 Å². The van der Waals surface area contributed by atoms with Gasteiger partial charge in [-0.25, -0.2) is 17.9 Å². The quantitative estimate of drug-likeness (QED) is 0.428. The molecule has 1 aromatic heterocycles. The van der Waals surface area contributed by atoms with Crippen LogP contribution in [0.5, 0.6) is 0 Å². The van der Waals surface area contributed by atoms with Gasteiger partial charge in [0.1, 0.15) is 12.5 Å². The summed E-state index contributed by atoms with van der Waals surface area (Å²) in [6.45, 7) is 0.670. The zero-order chi connectivity index (χ0) is 23.9. The van der Waals surface area contributed by atoms with Crippen LogP contribution in [-0.2, 0) is 23.2 Å². The Morgan fingerprint density at radius 1 is 1.03 bits per heavy atom. The van der Waals surface area contributed by atoms with Crippen LogP contribution in [0.3, 0.4) is 0 Å². The molecule has 0 atom stereocenters. The minimum absolute atomic E-state index is 0.0441. The number of nitrogens with one attached hydrogen (secondary N) is 1. The van der Waals surface area contributed by atoms with E-state index in [9.17, 15) is 12.8 Å². The first kappa shape index (κ1) is 22.3. The van der Waals surface area contributed by atoms with Gasteiger partial charge in [0.15, 0.2) is 0 Å².